The minimum atomic E-state index is -4.88. The van der Waals surface area contributed by atoms with Crippen molar-refractivity contribution in [2.24, 2.45) is 0 Å². The Morgan fingerprint density at radius 3 is 1.97 bits per heavy atom. The zero-order valence-corrected chi connectivity index (χ0v) is 17.2. The minimum Gasteiger partial charge on any atom is -0.406 e. The number of benzene rings is 2. The van der Waals surface area contributed by atoms with Crippen molar-refractivity contribution in [2.75, 3.05) is 0 Å². The number of aromatic amines is 1. The summed E-state index contributed by atoms with van der Waals surface area (Å²) < 4.78 is 82.1. The number of hydrogen-bond acceptors (Lipinski definition) is 4. The molecule has 0 bridgehead atoms. The summed E-state index contributed by atoms with van der Waals surface area (Å²) in [6.07, 6.45) is -8.20. The third-order valence-electron chi connectivity index (χ3n) is 4.88. The molecule has 11 heteroatoms. The molecule has 2 heterocycles. The molecule has 0 aliphatic rings. The highest BCUT2D eigenvalue weighted by Crippen LogP contribution is 2.29. The molecule has 1 N–H and O–H groups in total. The van der Waals surface area contributed by atoms with Crippen molar-refractivity contribution in [3.63, 3.8) is 0 Å². The van der Waals surface area contributed by atoms with E-state index in [-0.39, 0.29) is 16.7 Å². The van der Waals surface area contributed by atoms with Crippen LogP contribution >= 0.6 is 0 Å². The number of alkyl halides is 6. The molecule has 0 aliphatic heterocycles. The lowest BCUT2D eigenvalue weighted by Gasteiger charge is -2.12. The molecular formula is C23H14F6N2O3. The van der Waals surface area contributed by atoms with Crippen molar-refractivity contribution in [1.29, 1.82) is 0 Å². The Morgan fingerprint density at radius 2 is 1.38 bits per heavy atom. The van der Waals surface area contributed by atoms with Crippen LogP contribution < -0.4 is 14.9 Å². The Hall–Kier alpha value is -4.02. The van der Waals surface area contributed by atoms with Gasteiger partial charge in [0, 0.05) is 28.3 Å². The lowest BCUT2D eigenvalue weighted by atomic mass is 10.0. The van der Waals surface area contributed by atoms with E-state index in [1.165, 1.54) is 43.5 Å². The maximum Gasteiger partial charge on any atom is 0.573 e. The summed E-state index contributed by atoms with van der Waals surface area (Å²) in [6.45, 7) is 1.53. The molecule has 4 aromatic rings. The molecule has 176 valence electrons. The van der Waals surface area contributed by atoms with Crippen LogP contribution in [0.25, 0.3) is 33.4 Å². The number of pyridine rings is 2. The van der Waals surface area contributed by atoms with Crippen LogP contribution in [0.3, 0.4) is 0 Å². The van der Waals surface area contributed by atoms with Crippen LogP contribution in [0.15, 0.2) is 65.6 Å². The van der Waals surface area contributed by atoms with E-state index in [4.69, 9.17) is 0 Å². The Morgan fingerprint density at radius 1 is 0.794 bits per heavy atom. The van der Waals surface area contributed by atoms with Gasteiger partial charge in [-0.3, -0.25) is 9.78 Å². The van der Waals surface area contributed by atoms with E-state index in [9.17, 15) is 31.1 Å². The molecule has 0 saturated carbocycles. The van der Waals surface area contributed by atoms with Crippen molar-refractivity contribution in [3.05, 3.63) is 76.6 Å². The Bertz CT molecular complexity index is 1390. The number of aromatic nitrogens is 2. The maximum absolute atomic E-state index is 12.8. The monoisotopic (exact) mass is 480 g/mol. The van der Waals surface area contributed by atoms with Gasteiger partial charge in [0.1, 0.15) is 11.5 Å². The van der Waals surface area contributed by atoms with Crippen molar-refractivity contribution in [3.8, 4) is 34.0 Å². The smallest absolute Gasteiger partial charge is 0.406 e. The third-order valence-corrected chi connectivity index (χ3v) is 4.88. The van der Waals surface area contributed by atoms with E-state index in [0.29, 0.717) is 28.0 Å². The van der Waals surface area contributed by atoms with Gasteiger partial charge in [-0.2, -0.15) is 0 Å². The number of nitrogens with zero attached hydrogens (tertiary/aromatic N) is 1. The first kappa shape index (κ1) is 23.1. The average Bonchev–Trinajstić information content (AvgIpc) is 2.75. The summed E-state index contributed by atoms with van der Waals surface area (Å²) in [5.41, 5.74) is 2.08. The number of nitrogens with one attached hydrogen (secondary N) is 1. The molecule has 0 aliphatic carbocycles. The molecule has 34 heavy (non-hydrogen) atoms. The van der Waals surface area contributed by atoms with Gasteiger partial charge < -0.3 is 14.5 Å². The average molecular weight is 480 g/mol. The van der Waals surface area contributed by atoms with Gasteiger partial charge in [0.2, 0.25) is 0 Å². The quantitative estimate of drug-likeness (QED) is 0.345. The first-order chi connectivity index (χ1) is 15.9. The summed E-state index contributed by atoms with van der Waals surface area (Å²) in [5, 5.41) is 0.0359. The zero-order chi connectivity index (χ0) is 24.7. The fraction of sp³-hybridized carbons (Fsp3) is 0.130. The van der Waals surface area contributed by atoms with Gasteiger partial charge in [-0.1, -0.05) is 0 Å². The van der Waals surface area contributed by atoms with Crippen LogP contribution in [0.1, 0.15) is 5.56 Å². The van der Waals surface area contributed by atoms with Crippen molar-refractivity contribution < 1.29 is 35.8 Å². The largest absolute Gasteiger partial charge is 0.573 e. The van der Waals surface area contributed by atoms with Crippen molar-refractivity contribution >= 4 is 10.9 Å². The first-order valence-electron chi connectivity index (χ1n) is 9.65. The SMILES string of the molecule is Cc1c(-c2ccc(-c3ccc(OC(F)(F)F)cc3)nc2)[nH]c2ccc(OC(F)(F)F)cc2c1=O. The fourth-order valence-corrected chi connectivity index (χ4v) is 3.39. The second-order valence-corrected chi connectivity index (χ2v) is 7.21. The molecule has 5 nitrogen and oxygen atoms in total. The second-order valence-electron chi connectivity index (χ2n) is 7.21. The molecule has 0 spiro atoms. The van der Waals surface area contributed by atoms with E-state index in [2.05, 4.69) is 19.4 Å². The number of halogens is 6. The van der Waals surface area contributed by atoms with Gasteiger partial charge >= 0.3 is 12.7 Å². The molecular weight excluding hydrogens is 466 g/mol. The van der Waals surface area contributed by atoms with Crippen LogP contribution in [0.4, 0.5) is 26.3 Å². The Labute approximate surface area is 187 Å². The zero-order valence-electron chi connectivity index (χ0n) is 17.2. The van der Waals surface area contributed by atoms with Gasteiger partial charge in [-0.05, 0) is 61.5 Å². The predicted octanol–water partition coefficient (Wildman–Crippen LogP) is 6.36. The van der Waals surface area contributed by atoms with Crippen molar-refractivity contribution in [1.82, 2.24) is 9.97 Å². The van der Waals surface area contributed by atoms with Gasteiger partial charge in [-0.15, -0.1) is 26.3 Å². The van der Waals surface area contributed by atoms with E-state index in [1.54, 1.807) is 12.1 Å². The molecule has 4 rings (SSSR count). The lowest BCUT2D eigenvalue weighted by molar-refractivity contribution is -0.275. The van der Waals surface area contributed by atoms with E-state index < -0.39 is 23.9 Å². The summed E-state index contributed by atoms with van der Waals surface area (Å²) >= 11 is 0. The van der Waals surface area contributed by atoms with Gasteiger partial charge in [0.15, 0.2) is 5.43 Å². The first-order valence-corrected chi connectivity index (χ1v) is 9.65. The second kappa shape index (κ2) is 8.40. The van der Waals surface area contributed by atoms with Crippen LogP contribution in [0.2, 0.25) is 0 Å². The van der Waals surface area contributed by atoms with Crippen molar-refractivity contribution in [2.45, 2.75) is 19.6 Å². The third kappa shape index (κ3) is 5.13. The summed E-state index contributed by atoms with van der Waals surface area (Å²) in [5.74, 6) is -0.864. The Kier molecular flexibility index (Phi) is 5.72. The standard InChI is InChI=1S/C23H14F6N2O3/c1-12-20(31-19-9-7-16(34-23(27,28)29)10-17(19)21(12)32)14-4-8-18(30-11-14)13-2-5-15(6-3-13)33-22(24,25)26/h2-11H,1H3,(H,31,32). The molecule has 0 saturated heterocycles. The predicted molar refractivity (Wildman–Crippen MR) is 111 cm³/mol. The topological polar surface area (TPSA) is 64.2 Å². The van der Waals surface area contributed by atoms with Gasteiger partial charge in [0.25, 0.3) is 0 Å². The van der Waals surface area contributed by atoms with Gasteiger partial charge in [-0.25, -0.2) is 0 Å². The number of ether oxygens (including phenoxy) is 2. The van der Waals surface area contributed by atoms with E-state index in [1.807, 2.05) is 0 Å². The normalized spacial score (nSPS) is 12.1. The molecule has 0 fully saturated rings. The van der Waals surface area contributed by atoms with E-state index in [0.717, 1.165) is 12.1 Å². The molecule has 0 amide bonds. The van der Waals surface area contributed by atoms with Gasteiger partial charge in [0.05, 0.1) is 16.9 Å². The highest BCUT2D eigenvalue weighted by Gasteiger charge is 2.32. The van der Waals surface area contributed by atoms with Crippen LogP contribution in [0, 0.1) is 6.92 Å². The lowest BCUT2D eigenvalue weighted by Crippen LogP contribution is -2.17. The highest BCUT2D eigenvalue weighted by atomic mass is 19.4. The number of rotatable bonds is 4. The minimum absolute atomic E-state index is 0.0359. The maximum atomic E-state index is 12.8. The molecule has 0 unspecified atom stereocenters. The Balaban J connectivity index is 1.64. The van der Waals surface area contributed by atoms with Crippen LogP contribution in [-0.4, -0.2) is 22.7 Å². The molecule has 2 aromatic carbocycles. The highest BCUT2D eigenvalue weighted by molar-refractivity contribution is 5.84. The number of H-pyrrole nitrogens is 1. The summed E-state index contributed by atoms with van der Waals surface area (Å²) in [7, 11) is 0. The molecule has 2 aromatic heterocycles. The van der Waals surface area contributed by atoms with Crippen LogP contribution in [0.5, 0.6) is 11.5 Å². The fourth-order valence-electron chi connectivity index (χ4n) is 3.39. The molecule has 0 atom stereocenters. The van der Waals surface area contributed by atoms with E-state index >= 15 is 0 Å². The summed E-state index contributed by atoms with van der Waals surface area (Å²) in [6, 6.07) is 11.9. The summed E-state index contributed by atoms with van der Waals surface area (Å²) in [4.78, 5) is 20.1. The number of fused-ring (bicyclic) bond motifs is 1. The van der Waals surface area contributed by atoms with Crippen LogP contribution in [-0.2, 0) is 0 Å². The number of hydrogen-bond donors (Lipinski definition) is 1. The molecule has 0 radical (unpaired) electrons.